The largest absolute Gasteiger partial charge is 0.497 e. The van der Waals surface area contributed by atoms with Crippen molar-refractivity contribution in [3.63, 3.8) is 0 Å². The second-order valence-electron chi connectivity index (χ2n) is 7.02. The van der Waals surface area contributed by atoms with Gasteiger partial charge in [-0.15, -0.1) is 0 Å². The minimum atomic E-state index is -0.385. The Morgan fingerprint density at radius 3 is 2.41 bits per heavy atom. The lowest BCUT2D eigenvalue weighted by molar-refractivity contribution is -0.129. The molecular weight excluding hydrogens is 366 g/mol. The third-order valence-electron chi connectivity index (χ3n) is 5.10. The van der Waals surface area contributed by atoms with E-state index in [0.717, 1.165) is 17.9 Å². The lowest BCUT2D eigenvalue weighted by atomic mass is 9.99. The molecule has 3 rings (SSSR count). The van der Waals surface area contributed by atoms with Gasteiger partial charge in [0.25, 0.3) is 0 Å². The van der Waals surface area contributed by atoms with Crippen molar-refractivity contribution in [3.8, 4) is 5.75 Å². The van der Waals surface area contributed by atoms with Crippen LogP contribution in [0.25, 0.3) is 5.57 Å². The fraction of sp³-hybridized carbons (Fsp3) is 0.304. The number of primary amides is 1. The first-order valence-corrected chi connectivity index (χ1v) is 9.76. The number of rotatable bonds is 8. The summed E-state index contributed by atoms with van der Waals surface area (Å²) in [6.45, 7) is 1.88. The highest BCUT2D eigenvalue weighted by atomic mass is 16.5. The fourth-order valence-electron chi connectivity index (χ4n) is 3.41. The van der Waals surface area contributed by atoms with Gasteiger partial charge in [0.2, 0.25) is 11.8 Å². The molecule has 2 aromatic rings. The Balaban J connectivity index is 1.66. The molecule has 6 heteroatoms. The lowest BCUT2D eigenvalue weighted by Crippen LogP contribution is -2.43. The summed E-state index contributed by atoms with van der Waals surface area (Å²) >= 11 is 0. The third kappa shape index (κ3) is 5.60. The highest BCUT2D eigenvalue weighted by molar-refractivity contribution is 5.83. The molecule has 0 aliphatic carbocycles. The quantitative estimate of drug-likeness (QED) is 0.748. The molecule has 152 valence electrons. The van der Waals surface area contributed by atoms with Crippen LogP contribution >= 0.6 is 0 Å². The average Bonchev–Trinajstić information content (AvgIpc) is 2.77. The highest BCUT2D eigenvalue weighted by Crippen LogP contribution is 2.23. The van der Waals surface area contributed by atoms with Gasteiger partial charge in [0, 0.05) is 31.7 Å². The molecule has 0 atom stereocenters. The van der Waals surface area contributed by atoms with Gasteiger partial charge in [0.1, 0.15) is 5.75 Å². The lowest BCUT2D eigenvalue weighted by Gasteiger charge is -2.30. The second-order valence-corrected chi connectivity index (χ2v) is 7.02. The number of nitrogens with zero attached hydrogens (tertiary/aromatic N) is 2. The van der Waals surface area contributed by atoms with Crippen LogP contribution in [0, 0.1) is 0 Å². The molecule has 0 aromatic heterocycles. The van der Waals surface area contributed by atoms with E-state index in [1.54, 1.807) is 7.11 Å². The molecule has 2 amide bonds. The van der Waals surface area contributed by atoms with Crippen LogP contribution in [0.5, 0.6) is 5.75 Å². The fourth-order valence-corrected chi connectivity index (χ4v) is 3.41. The monoisotopic (exact) mass is 393 g/mol. The van der Waals surface area contributed by atoms with Gasteiger partial charge in [0.15, 0.2) is 0 Å². The summed E-state index contributed by atoms with van der Waals surface area (Å²) in [6, 6.07) is 17.7. The molecular formula is C23H27N3O3. The van der Waals surface area contributed by atoms with E-state index in [0.29, 0.717) is 19.6 Å². The zero-order chi connectivity index (χ0) is 20.6. The molecule has 0 fully saturated rings. The van der Waals surface area contributed by atoms with E-state index in [2.05, 4.69) is 18.2 Å². The van der Waals surface area contributed by atoms with Crippen LogP contribution < -0.4 is 15.4 Å². The van der Waals surface area contributed by atoms with Crippen LogP contribution in [0.1, 0.15) is 18.4 Å². The summed E-state index contributed by atoms with van der Waals surface area (Å²) in [5.41, 5.74) is 8.66. The van der Waals surface area contributed by atoms with Crippen LogP contribution in [-0.4, -0.2) is 50.0 Å². The smallest absolute Gasteiger partial charge is 0.242 e. The number of hydrogen-bond acceptors (Lipinski definition) is 4. The maximum atomic E-state index is 12.9. The molecule has 2 N–H and O–H groups in total. The molecule has 29 heavy (non-hydrogen) atoms. The van der Waals surface area contributed by atoms with E-state index >= 15 is 0 Å². The summed E-state index contributed by atoms with van der Waals surface area (Å²) in [5, 5.41) is 0. The van der Waals surface area contributed by atoms with Crippen molar-refractivity contribution in [1.29, 1.82) is 0 Å². The summed E-state index contributed by atoms with van der Waals surface area (Å²) < 4.78 is 5.20. The summed E-state index contributed by atoms with van der Waals surface area (Å²) in [6.07, 6.45) is 3.15. The molecule has 1 aliphatic heterocycles. The molecule has 0 unspecified atom stereocenters. The van der Waals surface area contributed by atoms with E-state index in [9.17, 15) is 9.59 Å². The van der Waals surface area contributed by atoms with Crippen LogP contribution in [0.15, 0.2) is 60.7 Å². The first kappa shape index (κ1) is 20.5. The van der Waals surface area contributed by atoms with E-state index in [1.165, 1.54) is 11.1 Å². The van der Waals surface area contributed by atoms with Crippen LogP contribution in [0.3, 0.4) is 0 Å². The number of hydrogen-bond donors (Lipinski definition) is 1. The van der Waals surface area contributed by atoms with Crippen molar-refractivity contribution in [1.82, 2.24) is 4.90 Å². The van der Waals surface area contributed by atoms with E-state index in [4.69, 9.17) is 10.5 Å². The molecule has 0 saturated heterocycles. The number of carbonyl (C=O) groups is 2. The Labute approximate surface area is 171 Å². The Bertz CT molecular complexity index is 863. The number of methoxy groups -OCH3 is 1. The minimum Gasteiger partial charge on any atom is -0.497 e. The van der Waals surface area contributed by atoms with E-state index in [-0.39, 0.29) is 24.8 Å². The van der Waals surface area contributed by atoms with E-state index in [1.807, 2.05) is 52.3 Å². The van der Waals surface area contributed by atoms with Crippen molar-refractivity contribution in [2.24, 2.45) is 5.73 Å². The SMILES string of the molecule is COc1ccc(N(CCC(N)=O)CC(=O)N2CC=C(c3ccccc3)CC2)cc1. The maximum absolute atomic E-state index is 12.9. The Hall–Kier alpha value is -3.28. The highest BCUT2D eigenvalue weighted by Gasteiger charge is 2.21. The number of carbonyl (C=O) groups excluding carboxylic acids is 2. The summed E-state index contributed by atoms with van der Waals surface area (Å²) in [4.78, 5) is 27.9. The van der Waals surface area contributed by atoms with Gasteiger partial charge >= 0.3 is 0 Å². The first-order valence-electron chi connectivity index (χ1n) is 9.76. The molecule has 6 nitrogen and oxygen atoms in total. The molecule has 1 heterocycles. The minimum absolute atomic E-state index is 0.0358. The van der Waals surface area contributed by atoms with Gasteiger partial charge in [-0.2, -0.15) is 0 Å². The summed E-state index contributed by atoms with van der Waals surface area (Å²) in [5.74, 6) is 0.391. The van der Waals surface area contributed by atoms with Crippen LogP contribution in [-0.2, 0) is 9.59 Å². The number of ether oxygens (including phenoxy) is 1. The third-order valence-corrected chi connectivity index (χ3v) is 5.10. The summed E-state index contributed by atoms with van der Waals surface area (Å²) in [7, 11) is 1.61. The van der Waals surface area contributed by atoms with Crippen molar-refractivity contribution >= 4 is 23.1 Å². The zero-order valence-electron chi connectivity index (χ0n) is 16.7. The van der Waals surface area contributed by atoms with Gasteiger partial charge in [-0.05, 0) is 41.8 Å². The predicted octanol–water partition coefficient (Wildman–Crippen LogP) is 2.69. The normalized spacial score (nSPS) is 13.6. The van der Waals surface area contributed by atoms with Crippen molar-refractivity contribution in [3.05, 3.63) is 66.2 Å². The second kappa shape index (κ2) is 9.78. The first-order chi connectivity index (χ1) is 14.1. The Morgan fingerprint density at radius 1 is 1.10 bits per heavy atom. The molecule has 1 aliphatic rings. The van der Waals surface area contributed by atoms with Crippen molar-refractivity contribution in [2.75, 3.05) is 38.2 Å². The Kier molecular flexibility index (Phi) is 6.89. The Morgan fingerprint density at radius 2 is 1.83 bits per heavy atom. The molecule has 0 radical (unpaired) electrons. The molecule has 0 saturated carbocycles. The van der Waals surface area contributed by atoms with Gasteiger partial charge in [-0.1, -0.05) is 36.4 Å². The number of benzene rings is 2. The standard InChI is InChI=1S/C23H27N3O3/c1-29-21-9-7-20(8-10-21)26(16-13-22(24)27)17-23(28)25-14-11-19(12-15-25)18-5-3-2-4-6-18/h2-11H,12-17H2,1H3,(H2,24,27). The zero-order valence-corrected chi connectivity index (χ0v) is 16.7. The topological polar surface area (TPSA) is 75.9 Å². The maximum Gasteiger partial charge on any atom is 0.242 e. The van der Waals surface area contributed by atoms with E-state index < -0.39 is 0 Å². The molecule has 2 aromatic carbocycles. The predicted molar refractivity (Wildman–Crippen MR) is 115 cm³/mol. The van der Waals surface area contributed by atoms with Gasteiger partial charge in [-0.3, -0.25) is 9.59 Å². The number of amides is 2. The average molecular weight is 393 g/mol. The number of nitrogens with two attached hydrogens (primary N) is 1. The van der Waals surface area contributed by atoms with Gasteiger partial charge < -0.3 is 20.3 Å². The molecule has 0 spiro atoms. The van der Waals surface area contributed by atoms with Crippen molar-refractivity contribution < 1.29 is 14.3 Å². The number of anilines is 1. The van der Waals surface area contributed by atoms with Crippen LogP contribution in [0.2, 0.25) is 0 Å². The van der Waals surface area contributed by atoms with Gasteiger partial charge in [0.05, 0.1) is 13.7 Å². The molecule has 0 bridgehead atoms. The van der Waals surface area contributed by atoms with Crippen LogP contribution in [0.4, 0.5) is 5.69 Å². The van der Waals surface area contributed by atoms with Gasteiger partial charge in [-0.25, -0.2) is 0 Å². The van der Waals surface area contributed by atoms with Crippen molar-refractivity contribution in [2.45, 2.75) is 12.8 Å².